The molecular formula is C25H34NO7PSi. The molecule has 3 rings (SSSR count). The van der Waals surface area contributed by atoms with Crippen LogP contribution in [0.3, 0.4) is 0 Å². The van der Waals surface area contributed by atoms with Gasteiger partial charge in [-0.3, -0.25) is 0 Å². The minimum atomic E-state index is -4.26. The molecule has 2 aromatic carbocycles. The summed E-state index contributed by atoms with van der Waals surface area (Å²) in [6.45, 7) is 11.0. The summed E-state index contributed by atoms with van der Waals surface area (Å²) >= 11 is 0. The van der Waals surface area contributed by atoms with Gasteiger partial charge in [-0.15, -0.1) is 0 Å². The first kappa shape index (κ1) is 26.9. The highest BCUT2D eigenvalue weighted by molar-refractivity contribution is 7.49. The Bertz CT molecular complexity index is 1020. The lowest BCUT2D eigenvalue weighted by atomic mass is 10.2. The maximum absolute atomic E-state index is 13.8. The van der Waals surface area contributed by atoms with Crippen LogP contribution < -0.4 is 9.05 Å². The number of phosphoric ester groups is 1. The average Bonchev–Trinajstić information content (AvgIpc) is 2.79. The van der Waals surface area contributed by atoms with E-state index in [-0.39, 0.29) is 23.6 Å². The van der Waals surface area contributed by atoms with Gasteiger partial charge in [-0.25, -0.2) is 9.69 Å². The van der Waals surface area contributed by atoms with Gasteiger partial charge in [-0.2, -0.15) is 4.57 Å². The van der Waals surface area contributed by atoms with Crippen LogP contribution in [0.5, 0.6) is 11.5 Å². The molecule has 190 valence electrons. The fraction of sp³-hybridized carbons (Fsp3) is 0.400. The molecule has 0 aliphatic carbocycles. The van der Waals surface area contributed by atoms with Gasteiger partial charge in [-0.1, -0.05) is 57.2 Å². The summed E-state index contributed by atoms with van der Waals surface area (Å²) in [6.07, 6.45) is 1.21. The third-order valence-electron chi connectivity index (χ3n) is 6.00. The number of methoxy groups -OCH3 is 1. The zero-order chi connectivity index (χ0) is 25.7. The van der Waals surface area contributed by atoms with Crippen LogP contribution in [0.2, 0.25) is 18.1 Å². The molecule has 0 saturated heterocycles. The number of hydrogen-bond acceptors (Lipinski definition) is 7. The molecular weight excluding hydrogens is 485 g/mol. The van der Waals surface area contributed by atoms with E-state index in [1.807, 2.05) is 12.1 Å². The van der Waals surface area contributed by atoms with Gasteiger partial charge in [0.15, 0.2) is 8.32 Å². The van der Waals surface area contributed by atoms with Gasteiger partial charge in [0.25, 0.3) is 0 Å². The van der Waals surface area contributed by atoms with E-state index in [9.17, 15) is 9.36 Å². The Labute approximate surface area is 208 Å². The molecule has 0 radical (unpaired) electrons. The standard InChI is InChI=1S/C25H34NO7PSi/c1-25(2,3)35(5,6)33-22-17-18-23(26(19-22)24(27)29-4)32-34(28,30-20-13-9-7-10-14-20)31-21-15-11-8-12-16-21/h7-16,18,22H,17,19H2,1-6H3/t22-/m0/s1. The number of benzene rings is 2. The summed E-state index contributed by atoms with van der Waals surface area (Å²) in [4.78, 5) is 13.9. The first-order chi connectivity index (χ1) is 16.4. The van der Waals surface area contributed by atoms with Crippen molar-refractivity contribution >= 4 is 22.2 Å². The van der Waals surface area contributed by atoms with E-state index in [4.69, 9.17) is 22.7 Å². The van der Waals surface area contributed by atoms with Crippen LogP contribution in [0.1, 0.15) is 27.2 Å². The fourth-order valence-electron chi connectivity index (χ4n) is 3.14. The minimum absolute atomic E-state index is 0.00629. The molecule has 10 heteroatoms. The molecule has 0 unspecified atom stereocenters. The predicted octanol–water partition coefficient (Wildman–Crippen LogP) is 6.97. The second-order valence-corrected chi connectivity index (χ2v) is 15.9. The van der Waals surface area contributed by atoms with Crippen LogP contribution in [0.4, 0.5) is 4.79 Å². The smallest absolute Gasteiger partial charge is 0.452 e. The lowest BCUT2D eigenvalue weighted by Crippen LogP contribution is -2.49. The van der Waals surface area contributed by atoms with Gasteiger partial charge < -0.3 is 22.7 Å². The third kappa shape index (κ3) is 7.13. The number of carbonyl (C=O) groups is 1. The highest BCUT2D eigenvalue weighted by atomic mass is 31.2. The molecule has 1 heterocycles. The molecule has 1 atom stereocenters. The number of amides is 1. The average molecular weight is 520 g/mol. The first-order valence-electron chi connectivity index (χ1n) is 11.4. The molecule has 1 aliphatic heterocycles. The molecule has 1 amide bonds. The summed E-state index contributed by atoms with van der Waals surface area (Å²) in [7, 11) is -5.07. The van der Waals surface area contributed by atoms with Crippen molar-refractivity contribution in [2.75, 3.05) is 13.7 Å². The number of hydrogen-bond donors (Lipinski definition) is 0. The van der Waals surface area contributed by atoms with Crippen molar-refractivity contribution in [2.45, 2.75) is 51.4 Å². The topological polar surface area (TPSA) is 83.5 Å². The Balaban J connectivity index is 1.88. The second kappa shape index (κ2) is 10.9. The maximum Gasteiger partial charge on any atom is 0.648 e. The number of phosphoric acid groups is 1. The van der Waals surface area contributed by atoms with Crippen molar-refractivity contribution in [1.82, 2.24) is 4.90 Å². The van der Waals surface area contributed by atoms with Gasteiger partial charge in [0.05, 0.1) is 19.8 Å². The Morgan fingerprint density at radius 3 is 1.91 bits per heavy atom. The summed E-state index contributed by atoms with van der Waals surface area (Å²) in [5.41, 5.74) is 0. The zero-order valence-electron chi connectivity index (χ0n) is 21.1. The van der Waals surface area contributed by atoms with Crippen molar-refractivity contribution in [3.05, 3.63) is 72.6 Å². The number of ether oxygens (including phenoxy) is 1. The molecule has 0 fully saturated rings. The summed E-state index contributed by atoms with van der Waals surface area (Å²) in [5.74, 6) is 0.626. The SMILES string of the molecule is COC(=O)N1C[C@@H](O[Si](C)(C)C(C)(C)C)CC=C1OP(=O)(Oc1ccccc1)Oc1ccccc1. The largest absolute Gasteiger partial charge is 0.648 e. The van der Waals surface area contributed by atoms with Crippen LogP contribution in [0.25, 0.3) is 0 Å². The van der Waals surface area contributed by atoms with Crippen LogP contribution >= 0.6 is 7.82 Å². The van der Waals surface area contributed by atoms with Crippen molar-refractivity contribution in [3.8, 4) is 11.5 Å². The minimum Gasteiger partial charge on any atom is -0.452 e. The first-order valence-corrected chi connectivity index (χ1v) is 15.8. The molecule has 0 aromatic heterocycles. The van der Waals surface area contributed by atoms with Crippen molar-refractivity contribution in [1.29, 1.82) is 0 Å². The predicted molar refractivity (Wildman–Crippen MR) is 137 cm³/mol. The van der Waals surface area contributed by atoms with E-state index in [1.54, 1.807) is 54.6 Å². The quantitative estimate of drug-likeness (QED) is 0.275. The van der Waals surface area contributed by atoms with E-state index in [1.165, 1.54) is 12.0 Å². The van der Waals surface area contributed by atoms with E-state index >= 15 is 0 Å². The third-order valence-corrected chi connectivity index (χ3v) is 11.8. The lowest BCUT2D eigenvalue weighted by Gasteiger charge is -2.41. The van der Waals surface area contributed by atoms with Gasteiger partial charge in [0.2, 0.25) is 5.88 Å². The monoisotopic (exact) mass is 519 g/mol. The molecule has 8 nitrogen and oxygen atoms in total. The highest BCUT2D eigenvalue weighted by Crippen LogP contribution is 2.52. The number of carbonyl (C=O) groups excluding carboxylic acids is 1. The molecule has 1 aliphatic rings. The molecule has 0 bridgehead atoms. The number of para-hydroxylation sites is 2. The molecule has 0 N–H and O–H groups in total. The van der Waals surface area contributed by atoms with Gasteiger partial charge >= 0.3 is 13.9 Å². The molecule has 0 spiro atoms. The van der Waals surface area contributed by atoms with Gasteiger partial charge in [0.1, 0.15) is 11.5 Å². The number of rotatable bonds is 8. The van der Waals surface area contributed by atoms with Crippen LogP contribution in [0, 0.1) is 0 Å². The van der Waals surface area contributed by atoms with E-state index in [0.717, 1.165) is 0 Å². The van der Waals surface area contributed by atoms with Gasteiger partial charge in [0, 0.05) is 0 Å². The molecule has 2 aromatic rings. The van der Waals surface area contributed by atoms with Crippen molar-refractivity contribution in [2.24, 2.45) is 0 Å². The number of nitrogens with zero attached hydrogens (tertiary/aromatic N) is 1. The van der Waals surface area contributed by atoms with Crippen LogP contribution in [0.15, 0.2) is 72.6 Å². The normalized spacial score (nSPS) is 16.8. The van der Waals surface area contributed by atoms with Gasteiger partial charge in [-0.05, 0) is 54.9 Å². The lowest BCUT2D eigenvalue weighted by molar-refractivity contribution is 0.0693. The van der Waals surface area contributed by atoms with Crippen molar-refractivity contribution < 1.29 is 32.1 Å². The summed E-state index contributed by atoms with van der Waals surface area (Å²) in [6, 6.07) is 17.1. The Morgan fingerprint density at radius 1 is 0.943 bits per heavy atom. The molecule has 0 saturated carbocycles. The summed E-state index contributed by atoms with van der Waals surface area (Å²) in [5, 5.41) is 0.00629. The van der Waals surface area contributed by atoms with Crippen LogP contribution in [-0.2, 0) is 18.3 Å². The van der Waals surface area contributed by atoms with Crippen molar-refractivity contribution in [3.63, 3.8) is 0 Å². The maximum atomic E-state index is 13.8. The Kier molecular flexibility index (Phi) is 8.36. The molecule has 35 heavy (non-hydrogen) atoms. The Hall–Kier alpha value is -2.74. The van der Waals surface area contributed by atoms with E-state index < -0.39 is 22.2 Å². The fourth-order valence-corrected chi connectivity index (χ4v) is 5.77. The highest BCUT2D eigenvalue weighted by Gasteiger charge is 2.43. The van der Waals surface area contributed by atoms with E-state index in [0.29, 0.717) is 17.9 Å². The zero-order valence-corrected chi connectivity index (χ0v) is 23.0. The van der Waals surface area contributed by atoms with E-state index in [2.05, 4.69) is 33.9 Å². The van der Waals surface area contributed by atoms with Crippen LogP contribution in [-0.4, -0.2) is 39.1 Å². The second-order valence-electron chi connectivity index (χ2n) is 9.71. The Morgan fingerprint density at radius 2 is 1.46 bits per heavy atom. The summed E-state index contributed by atoms with van der Waals surface area (Å²) < 4.78 is 42.5.